The molecule has 3 heterocycles. The number of aromatic nitrogens is 1. The largest absolute Gasteiger partial charge is 0.393 e. The van der Waals surface area contributed by atoms with Gasteiger partial charge in [-0.05, 0) is 39.0 Å². The predicted molar refractivity (Wildman–Crippen MR) is 116 cm³/mol. The summed E-state index contributed by atoms with van der Waals surface area (Å²) in [5.41, 5.74) is 0.783. The Hall–Kier alpha value is -0.810. The first-order valence-electron chi connectivity index (χ1n) is 10.2. The van der Waals surface area contributed by atoms with Crippen molar-refractivity contribution >= 4 is 28.9 Å². The van der Waals surface area contributed by atoms with Gasteiger partial charge in [-0.1, -0.05) is 24.3 Å². The summed E-state index contributed by atoms with van der Waals surface area (Å²) < 4.78 is 12.3. The van der Waals surface area contributed by atoms with Crippen LogP contribution in [0.2, 0.25) is 0 Å². The van der Waals surface area contributed by atoms with Gasteiger partial charge >= 0.3 is 0 Å². The van der Waals surface area contributed by atoms with Crippen molar-refractivity contribution in [2.45, 2.75) is 74.6 Å². The lowest BCUT2D eigenvalue weighted by Gasteiger charge is -2.38. The van der Waals surface area contributed by atoms with Crippen LogP contribution in [0.4, 0.5) is 0 Å². The third-order valence-corrected chi connectivity index (χ3v) is 7.99. The van der Waals surface area contributed by atoms with Crippen LogP contribution in [0.25, 0.3) is 0 Å². The minimum Gasteiger partial charge on any atom is -0.393 e. The molecule has 0 amide bonds. The van der Waals surface area contributed by atoms with Gasteiger partial charge in [0.15, 0.2) is 5.78 Å². The molecule has 0 aromatic carbocycles. The number of thioether (sulfide) groups is 1. The zero-order valence-corrected chi connectivity index (χ0v) is 19.4. The van der Waals surface area contributed by atoms with E-state index in [1.807, 2.05) is 20.1 Å². The highest BCUT2D eigenvalue weighted by molar-refractivity contribution is 8.00. The van der Waals surface area contributed by atoms with Crippen molar-refractivity contribution in [1.29, 1.82) is 0 Å². The number of ether oxygens (including phenoxy) is 2. The maximum Gasteiger partial charge on any atom is 0.197 e. The van der Waals surface area contributed by atoms with Crippen molar-refractivity contribution in [2.24, 2.45) is 11.8 Å². The number of ketones is 1. The molecule has 30 heavy (non-hydrogen) atoms. The van der Waals surface area contributed by atoms with E-state index < -0.39 is 24.4 Å². The Morgan fingerprint density at radius 1 is 1.37 bits per heavy atom. The van der Waals surface area contributed by atoms with Gasteiger partial charge in [0.2, 0.25) is 0 Å². The molecule has 0 saturated carbocycles. The molecule has 2 aliphatic heterocycles. The number of thiazole rings is 1. The fraction of sp³-hybridized carbons (Fsp3) is 0.714. The second-order valence-corrected chi connectivity index (χ2v) is 10.4. The molecule has 168 valence electrons. The van der Waals surface area contributed by atoms with E-state index in [2.05, 4.69) is 4.98 Å². The summed E-state index contributed by atoms with van der Waals surface area (Å²) >= 11 is 2.85. The number of carbonyl (C=O) groups is 1. The second kappa shape index (κ2) is 10.2. The standard InChI is InChI=1S/C21H31NO6S2/c1-10(5-14(24)17-8-22-21(29-4)30-17)6-15-19(26)18(25)13(9-27-15)7-16-20(28-16)11(2)12(3)23/h5,8,11-13,15-16,18-20,23,25-26H,6-7,9H2,1-4H3/b10-5+/t11-,12-,13-,15-,16-,18+,19-,20-/m0/s1. The summed E-state index contributed by atoms with van der Waals surface area (Å²) in [5.74, 6) is -0.302. The number of aliphatic hydroxyl groups is 3. The molecule has 2 fully saturated rings. The third kappa shape index (κ3) is 5.70. The number of aliphatic hydroxyl groups excluding tert-OH is 3. The SMILES string of the molecule is CSc1ncc(C(=O)/C=C(\C)C[C@@H]2OC[C@H](C[C@@H]3O[C@H]3[C@@H](C)[C@H](C)O)[C@@H](O)[C@H]2O)s1. The minimum absolute atomic E-state index is 0.0124. The van der Waals surface area contributed by atoms with Crippen LogP contribution < -0.4 is 0 Å². The Kier molecular flexibility index (Phi) is 8.11. The van der Waals surface area contributed by atoms with E-state index >= 15 is 0 Å². The van der Waals surface area contributed by atoms with Gasteiger partial charge in [0.1, 0.15) is 10.4 Å². The molecule has 0 bridgehead atoms. The molecule has 3 N–H and O–H groups in total. The number of hydrogen-bond donors (Lipinski definition) is 3. The molecular weight excluding hydrogens is 426 g/mol. The minimum atomic E-state index is -1.03. The lowest BCUT2D eigenvalue weighted by Crippen LogP contribution is -2.50. The molecule has 0 radical (unpaired) electrons. The molecule has 0 aliphatic carbocycles. The Morgan fingerprint density at radius 3 is 2.73 bits per heavy atom. The maximum atomic E-state index is 12.4. The fourth-order valence-electron chi connectivity index (χ4n) is 3.85. The summed E-state index contributed by atoms with van der Waals surface area (Å²) in [4.78, 5) is 17.1. The van der Waals surface area contributed by atoms with E-state index in [4.69, 9.17) is 9.47 Å². The van der Waals surface area contributed by atoms with Gasteiger partial charge in [-0.2, -0.15) is 0 Å². The summed E-state index contributed by atoms with van der Waals surface area (Å²) in [6, 6.07) is 0. The fourth-order valence-corrected chi connectivity index (χ4v) is 5.17. The molecule has 1 aromatic rings. The maximum absolute atomic E-state index is 12.4. The number of epoxide rings is 1. The van der Waals surface area contributed by atoms with Crippen molar-refractivity contribution in [1.82, 2.24) is 4.98 Å². The normalized spacial score (nSPS) is 33.9. The van der Waals surface area contributed by atoms with E-state index in [9.17, 15) is 20.1 Å². The molecule has 2 aliphatic rings. The highest BCUT2D eigenvalue weighted by Gasteiger charge is 2.48. The van der Waals surface area contributed by atoms with Gasteiger partial charge < -0.3 is 24.8 Å². The molecular formula is C21H31NO6S2. The van der Waals surface area contributed by atoms with E-state index in [1.54, 1.807) is 19.2 Å². The van der Waals surface area contributed by atoms with Crippen LogP contribution in [0.5, 0.6) is 0 Å². The zero-order valence-electron chi connectivity index (χ0n) is 17.7. The predicted octanol–water partition coefficient (Wildman–Crippen LogP) is 2.30. The molecule has 1 aromatic heterocycles. The first-order chi connectivity index (χ1) is 14.2. The monoisotopic (exact) mass is 457 g/mol. The van der Waals surface area contributed by atoms with E-state index in [0.717, 1.165) is 9.91 Å². The van der Waals surface area contributed by atoms with Crippen molar-refractivity contribution < 1.29 is 29.6 Å². The second-order valence-electron chi connectivity index (χ2n) is 8.34. The van der Waals surface area contributed by atoms with Crippen LogP contribution in [-0.4, -0.2) is 75.6 Å². The lowest BCUT2D eigenvalue weighted by atomic mass is 9.85. The van der Waals surface area contributed by atoms with Gasteiger partial charge in [-0.25, -0.2) is 4.98 Å². The molecule has 8 atom stereocenters. The van der Waals surface area contributed by atoms with Crippen LogP contribution in [0.3, 0.4) is 0 Å². The number of nitrogens with zero attached hydrogens (tertiary/aromatic N) is 1. The van der Waals surface area contributed by atoms with E-state index in [1.165, 1.54) is 23.1 Å². The topological polar surface area (TPSA) is 112 Å². The summed E-state index contributed by atoms with van der Waals surface area (Å²) in [5, 5.41) is 30.8. The van der Waals surface area contributed by atoms with Crippen molar-refractivity contribution in [3.8, 4) is 0 Å². The number of carbonyl (C=O) groups excluding carboxylic acids is 1. The van der Waals surface area contributed by atoms with Crippen molar-refractivity contribution in [3.63, 3.8) is 0 Å². The first kappa shape index (κ1) is 23.8. The molecule has 9 heteroatoms. The molecule has 0 spiro atoms. The summed E-state index contributed by atoms with van der Waals surface area (Å²) in [6.07, 6.45) is 3.01. The van der Waals surface area contributed by atoms with Crippen LogP contribution >= 0.6 is 23.1 Å². The van der Waals surface area contributed by atoms with Gasteiger partial charge in [0.05, 0.1) is 48.2 Å². The average molecular weight is 458 g/mol. The summed E-state index contributed by atoms with van der Waals surface area (Å²) in [6.45, 7) is 5.83. The zero-order chi connectivity index (χ0) is 22.0. The highest BCUT2D eigenvalue weighted by atomic mass is 32.2. The quantitative estimate of drug-likeness (QED) is 0.224. The lowest BCUT2D eigenvalue weighted by molar-refractivity contribution is -0.165. The van der Waals surface area contributed by atoms with Crippen molar-refractivity contribution in [3.05, 3.63) is 22.7 Å². The Morgan fingerprint density at radius 2 is 2.10 bits per heavy atom. The Bertz CT molecular complexity index is 766. The number of allylic oxidation sites excluding steroid dienone is 1. The van der Waals surface area contributed by atoms with E-state index in [-0.39, 0.29) is 29.8 Å². The third-order valence-electron chi connectivity index (χ3n) is 5.98. The molecule has 3 rings (SSSR count). The number of rotatable bonds is 9. The number of hydrogen-bond acceptors (Lipinski definition) is 9. The van der Waals surface area contributed by atoms with Crippen molar-refractivity contribution in [2.75, 3.05) is 12.9 Å². The highest BCUT2D eigenvalue weighted by Crippen LogP contribution is 2.38. The van der Waals surface area contributed by atoms with Gasteiger partial charge in [-0.15, -0.1) is 11.3 Å². The average Bonchev–Trinajstić information content (AvgIpc) is 3.29. The van der Waals surface area contributed by atoms with Crippen LogP contribution in [0.15, 0.2) is 22.2 Å². The smallest absolute Gasteiger partial charge is 0.197 e. The Balaban J connectivity index is 1.51. The van der Waals surface area contributed by atoms with Gasteiger partial charge in [0.25, 0.3) is 0 Å². The van der Waals surface area contributed by atoms with Gasteiger partial charge in [0, 0.05) is 11.8 Å². The molecule has 7 nitrogen and oxygen atoms in total. The first-order valence-corrected chi connectivity index (χ1v) is 12.3. The molecule has 0 unspecified atom stereocenters. The van der Waals surface area contributed by atoms with Crippen LogP contribution in [0.1, 0.15) is 43.3 Å². The van der Waals surface area contributed by atoms with Crippen LogP contribution in [0, 0.1) is 11.8 Å². The molecule has 2 saturated heterocycles. The van der Waals surface area contributed by atoms with Crippen LogP contribution in [-0.2, 0) is 9.47 Å². The van der Waals surface area contributed by atoms with Gasteiger partial charge in [-0.3, -0.25) is 4.79 Å². The Labute approximate surface area is 185 Å². The summed E-state index contributed by atoms with van der Waals surface area (Å²) in [7, 11) is 0. The van der Waals surface area contributed by atoms with E-state index in [0.29, 0.717) is 24.3 Å².